The van der Waals surface area contributed by atoms with E-state index in [9.17, 15) is 0 Å². The van der Waals surface area contributed by atoms with E-state index in [0.717, 1.165) is 50.1 Å². The van der Waals surface area contributed by atoms with Crippen LogP contribution in [0.1, 0.15) is 0 Å². The van der Waals surface area contributed by atoms with Crippen LogP contribution in [0.15, 0.2) is 235 Å². The first kappa shape index (κ1) is 35.4. The second-order valence-corrected chi connectivity index (χ2v) is 16.4. The predicted octanol–water partition coefficient (Wildman–Crippen LogP) is 16.9. The molecule has 0 aliphatic rings. The van der Waals surface area contributed by atoms with Gasteiger partial charge in [-0.1, -0.05) is 176 Å². The summed E-state index contributed by atoms with van der Waals surface area (Å²) < 4.78 is 8.86. The summed E-state index contributed by atoms with van der Waals surface area (Å²) in [5, 5.41) is 11.0. The van der Waals surface area contributed by atoms with E-state index in [0.29, 0.717) is 0 Å². The van der Waals surface area contributed by atoms with Gasteiger partial charge in [0.1, 0.15) is 11.2 Å². The zero-order valence-electron chi connectivity index (χ0n) is 34.2. The molecule has 0 saturated heterocycles. The first-order chi connectivity index (χ1) is 31.3. The maximum absolute atomic E-state index is 6.43. The molecule has 0 aliphatic heterocycles. The Bertz CT molecular complexity index is 3890. The van der Waals surface area contributed by atoms with Gasteiger partial charge in [-0.15, -0.1) is 0 Å². The highest BCUT2D eigenvalue weighted by molar-refractivity contribution is 6.30. The Morgan fingerprint density at radius 2 is 0.921 bits per heavy atom. The molecule has 0 saturated carbocycles. The molecule has 10 aromatic carbocycles. The largest absolute Gasteiger partial charge is 0.456 e. The van der Waals surface area contributed by atoms with Gasteiger partial charge in [-0.05, 0) is 103 Å². The first-order valence-electron chi connectivity index (χ1n) is 21.6. The molecule has 0 fully saturated rings. The summed E-state index contributed by atoms with van der Waals surface area (Å²) in [4.78, 5) is 2.37. The molecule has 0 aliphatic carbocycles. The van der Waals surface area contributed by atoms with E-state index in [2.05, 4.69) is 234 Å². The lowest BCUT2D eigenvalue weighted by Gasteiger charge is -2.26. The standard InChI is InChI=1S/C60H38N2O/c1-2-15-42(16-3-1)57-53-37-32-43(38-61(53)60-51-22-9-7-20-49(51)48-19-6-8-21-50(48)59(57)60)39-28-33-44(34-29-39)62(54-25-13-27-56-58(54)52-23-10-11-26-55(52)63-56)45-35-30-41(31-36-45)47-24-12-17-40-14-4-5-18-46(40)47/h1-38H. The van der Waals surface area contributed by atoms with Crippen LogP contribution >= 0.6 is 0 Å². The monoisotopic (exact) mass is 802 g/mol. The minimum absolute atomic E-state index is 0.866. The second-order valence-electron chi connectivity index (χ2n) is 16.4. The summed E-state index contributed by atoms with van der Waals surface area (Å²) in [6.45, 7) is 0. The average molecular weight is 803 g/mol. The number of pyridine rings is 1. The summed E-state index contributed by atoms with van der Waals surface area (Å²) in [6.07, 6.45) is 2.34. The third-order valence-electron chi connectivity index (χ3n) is 13.0. The Balaban J connectivity index is 0.981. The summed E-state index contributed by atoms with van der Waals surface area (Å²) in [5.41, 5.74) is 14.5. The number of furan rings is 1. The number of anilines is 3. The van der Waals surface area contributed by atoms with Crippen molar-refractivity contribution in [2.24, 2.45) is 0 Å². The molecular formula is C60H38N2O. The van der Waals surface area contributed by atoms with Gasteiger partial charge in [-0.3, -0.25) is 0 Å². The number of hydrogen-bond donors (Lipinski definition) is 0. The molecule has 0 radical (unpaired) electrons. The van der Waals surface area contributed by atoms with Gasteiger partial charge in [-0.25, -0.2) is 0 Å². The highest BCUT2D eigenvalue weighted by Gasteiger charge is 2.22. The van der Waals surface area contributed by atoms with Gasteiger partial charge in [0.15, 0.2) is 0 Å². The van der Waals surface area contributed by atoms with Gasteiger partial charge in [0, 0.05) is 39.3 Å². The Labute approximate surface area is 363 Å². The van der Waals surface area contributed by atoms with Crippen LogP contribution in [-0.4, -0.2) is 4.40 Å². The number of fused-ring (bicyclic) bond motifs is 12. The van der Waals surface area contributed by atoms with Crippen molar-refractivity contribution in [3.05, 3.63) is 231 Å². The minimum Gasteiger partial charge on any atom is -0.456 e. The highest BCUT2D eigenvalue weighted by atomic mass is 16.3. The zero-order chi connectivity index (χ0) is 41.4. The fraction of sp³-hybridized carbons (Fsp3) is 0. The van der Waals surface area contributed by atoms with E-state index in [1.54, 1.807) is 0 Å². The smallest absolute Gasteiger partial charge is 0.137 e. The van der Waals surface area contributed by atoms with Crippen LogP contribution in [0.4, 0.5) is 17.1 Å². The molecule has 0 unspecified atom stereocenters. The summed E-state index contributed by atoms with van der Waals surface area (Å²) in [5.74, 6) is 0. The van der Waals surface area contributed by atoms with E-state index < -0.39 is 0 Å². The van der Waals surface area contributed by atoms with Crippen LogP contribution in [0.25, 0.3) is 104 Å². The minimum atomic E-state index is 0.866. The van der Waals surface area contributed by atoms with Crippen molar-refractivity contribution < 1.29 is 4.42 Å². The van der Waals surface area contributed by atoms with E-state index in [1.807, 2.05) is 6.07 Å². The fourth-order valence-corrected chi connectivity index (χ4v) is 10.2. The molecule has 294 valence electrons. The van der Waals surface area contributed by atoms with Crippen LogP contribution < -0.4 is 4.90 Å². The number of aromatic nitrogens is 1. The molecule has 0 N–H and O–H groups in total. The Kier molecular flexibility index (Phi) is 7.91. The molecule has 0 spiro atoms. The molecule has 13 aromatic rings. The first-order valence-corrected chi connectivity index (χ1v) is 21.6. The quantitative estimate of drug-likeness (QED) is 0.156. The number of rotatable bonds is 6. The molecule has 3 heteroatoms. The Morgan fingerprint density at radius 1 is 0.349 bits per heavy atom. The van der Waals surface area contributed by atoms with Crippen molar-refractivity contribution in [1.82, 2.24) is 4.40 Å². The molecule has 0 bridgehead atoms. The zero-order valence-corrected chi connectivity index (χ0v) is 34.2. The van der Waals surface area contributed by atoms with E-state index >= 15 is 0 Å². The predicted molar refractivity (Wildman–Crippen MR) is 266 cm³/mol. The highest BCUT2D eigenvalue weighted by Crippen LogP contribution is 2.46. The maximum atomic E-state index is 6.43. The van der Waals surface area contributed by atoms with Gasteiger partial charge in [0.25, 0.3) is 0 Å². The number of hydrogen-bond acceptors (Lipinski definition) is 2. The lowest BCUT2D eigenvalue weighted by atomic mass is 9.94. The average Bonchev–Trinajstić information content (AvgIpc) is 3.92. The summed E-state index contributed by atoms with van der Waals surface area (Å²) in [6, 6.07) is 81.0. The van der Waals surface area contributed by atoms with Crippen molar-refractivity contribution >= 4 is 87.7 Å². The maximum Gasteiger partial charge on any atom is 0.137 e. The number of benzene rings is 10. The van der Waals surface area contributed by atoms with Crippen LogP contribution in [0.5, 0.6) is 0 Å². The van der Waals surface area contributed by atoms with Crippen LogP contribution in [0.3, 0.4) is 0 Å². The van der Waals surface area contributed by atoms with Gasteiger partial charge < -0.3 is 13.7 Å². The molecule has 3 aromatic heterocycles. The molecule has 63 heavy (non-hydrogen) atoms. The van der Waals surface area contributed by atoms with Crippen molar-refractivity contribution in [3.63, 3.8) is 0 Å². The van der Waals surface area contributed by atoms with Crippen LogP contribution in [-0.2, 0) is 0 Å². The number of para-hydroxylation sites is 1. The molecule has 0 amide bonds. The van der Waals surface area contributed by atoms with E-state index in [-0.39, 0.29) is 0 Å². The van der Waals surface area contributed by atoms with Crippen LogP contribution in [0, 0.1) is 0 Å². The topological polar surface area (TPSA) is 20.8 Å². The van der Waals surface area contributed by atoms with Crippen LogP contribution in [0.2, 0.25) is 0 Å². The summed E-state index contributed by atoms with van der Waals surface area (Å²) >= 11 is 0. The Morgan fingerprint density at radius 3 is 1.70 bits per heavy atom. The second kappa shape index (κ2) is 14.1. The van der Waals surface area contributed by atoms with Gasteiger partial charge in [0.05, 0.1) is 22.1 Å². The SMILES string of the molecule is c1ccc(-c2c3c4ccccc4c4ccccc4c3n3cc(-c4ccc(N(c5ccc(-c6cccc7ccccc67)cc5)c5cccc6oc7ccccc7c56)cc4)ccc23)cc1. The lowest BCUT2D eigenvalue weighted by molar-refractivity contribution is 0.669. The van der Waals surface area contributed by atoms with Crippen molar-refractivity contribution in [3.8, 4) is 33.4 Å². The lowest BCUT2D eigenvalue weighted by Crippen LogP contribution is -2.10. The summed E-state index contributed by atoms with van der Waals surface area (Å²) in [7, 11) is 0. The van der Waals surface area contributed by atoms with Gasteiger partial charge in [0.2, 0.25) is 0 Å². The van der Waals surface area contributed by atoms with E-state index in [4.69, 9.17) is 4.42 Å². The molecule has 0 atom stereocenters. The van der Waals surface area contributed by atoms with E-state index in [1.165, 1.54) is 71.0 Å². The van der Waals surface area contributed by atoms with Crippen molar-refractivity contribution in [2.45, 2.75) is 0 Å². The number of nitrogens with zero attached hydrogens (tertiary/aromatic N) is 2. The molecule has 13 rings (SSSR count). The Hall–Kier alpha value is -8.40. The van der Waals surface area contributed by atoms with Gasteiger partial charge >= 0.3 is 0 Å². The molecular weight excluding hydrogens is 765 g/mol. The fourth-order valence-electron chi connectivity index (χ4n) is 10.2. The molecule has 3 nitrogen and oxygen atoms in total. The van der Waals surface area contributed by atoms with Gasteiger partial charge in [-0.2, -0.15) is 0 Å². The normalized spacial score (nSPS) is 11.8. The third-order valence-corrected chi connectivity index (χ3v) is 13.0. The third kappa shape index (κ3) is 5.53. The van der Waals surface area contributed by atoms with Crippen molar-refractivity contribution in [2.75, 3.05) is 4.90 Å². The van der Waals surface area contributed by atoms with Crippen molar-refractivity contribution in [1.29, 1.82) is 0 Å². The molecule has 3 heterocycles.